The Morgan fingerprint density at radius 1 is 0.385 bits per heavy atom. The van der Waals surface area contributed by atoms with Crippen LogP contribution in [0.4, 0.5) is 0 Å². The molecule has 0 aliphatic carbocycles. The van der Waals surface area contributed by atoms with Gasteiger partial charge in [0, 0.05) is 0 Å². The normalized spacial score (nSPS) is 13.3. The maximum atomic E-state index is 2.37. The summed E-state index contributed by atoms with van der Waals surface area (Å²) in [5.74, 6) is 0. The van der Waals surface area contributed by atoms with Crippen molar-refractivity contribution >= 4 is 48.3 Å². The van der Waals surface area contributed by atoms with Gasteiger partial charge in [-0.2, -0.15) is 0 Å². The molecule has 0 aromatic heterocycles. The fourth-order valence-corrected chi connectivity index (χ4v) is 14.7. The Balaban J connectivity index is 0.000000303. The van der Waals surface area contributed by atoms with Crippen LogP contribution in [-0.2, 0) is 0 Å². The summed E-state index contributed by atoms with van der Waals surface area (Å²) in [6.07, 6.45) is 0. The second kappa shape index (κ2) is 14.1. The number of allylic oxidation sites excluding steroid dienone is 2. The van der Waals surface area contributed by atoms with E-state index in [0.29, 0.717) is 0 Å². The molecular formula is C37H41SiSn-. The first-order valence-corrected chi connectivity index (χ1v) is 18.8. The van der Waals surface area contributed by atoms with Crippen LogP contribution in [0.1, 0.15) is 63.8 Å². The van der Waals surface area contributed by atoms with Crippen molar-refractivity contribution in [3.63, 3.8) is 0 Å². The first-order valence-electron chi connectivity index (χ1n) is 14.2. The van der Waals surface area contributed by atoms with Crippen molar-refractivity contribution in [1.29, 1.82) is 0 Å². The Labute approximate surface area is 248 Å². The molecule has 0 spiro atoms. The monoisotopic (exact) mass is 633 g/mol. The Morgan fingerprint density at radius 3 is 0.872 bits per heavy atom. The molecule has 0 saturated heterocycles. The molecule has 5 rings (SSSR count). The summed E-state index contributed by atoms with van der Waals surface area (Å²) >= 11 is -1.00. The van der Waals surface area contributed by atoms with Crippen LogP contribution in [0.25, 0.3) is 18.3 Å². The molecule has 0 nitrogen and oxygen atoms in total. The summed E-state index contributed by atoms with van der Waals surface area (Å²) < 4.78 is 3.14. The van der Waals surface area contributed by atoms with E-state index in [1.165, 1.54) is 33.4 Å². The number of benzene rings is 4. The molecule has 2 radical (unpaired) electrons. The quantitative estimate of drug-likeness (QED) is 0.178. The number of rotatable bonds is 7. The molecule has 0 bridgehead atoms. The van der Waals surface area contributed by atoms with Crippen LogP contribution in [0, 0.1) is 0 Å². The average Bonchev–Trinajstić information content (AvgIpc) is 3.35. The number of hydrogen-bond acceptors (Lipinski definition) is 0. The second-order valence-corrected chi connectivity index (χ2v) is 19.1. The summed E-state index contributed by atoms with van der Waals surface area (Å²) in [6, 6.07) is 43.8. The van der Waals surface area contributed by atoms with Crippen molar-refractivity contribution in [3.8, 4) is 0 Å². The Kier molecular flexibility index (Phi) is 10.6. The van der Waals surface area contributed by atoms with E-state index < -0.39 is 21.1 Å². The molecule has 0 atom stereocenters. The predicted molar refractivity (Wildman–Crippen MR) is 176 cm³/mol. The zero-order valence-corrected chi connectivity index (χ0v) is 28.1. The second-order valence-electron chi connectivity index (χ2n) is 11.1. The van der Waals surface area contributed by atoms with Crippen LogP contribution in [0.3, 0.4) is 0 Å². The van der Waals surface area contributed by atoms with Gasteiger partial charge in [0.2, 0.25) is 0 Å². The molecule has 4 aromatic carbocycles. The van der Waals surface area contributed by atoms with Gasteiger partial charge in [-0.15, -0.1) is 0 Å². The standard InChI is InChI=1S/C28H20.C9H21Si.Sn/c1-5-13-23(14-6-1)21-27(25-17-9-3-10-18-25)28(26-19-11-4-12-20-26)22-24-15-7-2-8-16-24;1-7(2)10(8(3)4)9(5)6;/h1-20H;7-9H,1-6H3;/q;;-1. The molecule has 198 valence electrons. The third-order valence-electron chi connectivity index (χ3n) is 7.25. The maximum absolute atomic E-state index is 2.37. The van der Waals surface area contributed by atoms with Gasteiger partial charge in [0.25, 0.3) is 0 Å². The van der Waals surface area contributed by atoms with Gasteiger partial charge in [-0.3, -0.25) is 0 Å². The zero-order chi connectivity index (χ0) is 27.8. The van der Waals surface area contributed by atoms with Crippen molar-refractivity contribution in [3.05, 3.63) is 144 Å². The van der Waals surface area contributed by atoms with Gasteiger partial charge in [0.05, 0.1) is 8.80 Å². The third-order valence-corrected chi connectivity index (χ3v) is 15.8. The molecule has 1 aliphatic rings. The molecule has 1 aliphatic heterocycles. The van der Waals surface area contributed by atoms with Crippen molar-refractivity contribution in [2.24, 2.45) is 0 Å². The van der Waals surface area contributed by atoms with Crippen LogP contribution in [-0.4, -0.2) is 29.9 Å². The van der Waals surface area contributed by atoms with Gasteiger partial charge in [0.15, 0.2) is 0 Å². The molecule has 39 heavy (non-hydrogen) atoms. The van der Waals surface area contributed by atoms with Crippen LogP contribution >= 0.6 is 0 Å². The summed E-state index contributed by atoms with van der Waals surface area (Å²) in [5.41, 5.74) is 11.0. The SMILES string of the molecule is CC(C)[Si](C(C)C)C(C)C.c1ccc([C]2=C(c3ccccc3)C(c3ccccc3)=[C](c3ccccc3)[Sn-]2)cc1. The molecule has 0 fully saturated rings. The van der Waals surface area contributed by atoms with E-state index in [4.69, 9.17) is 0 Å². The number of hydrogen-bond donors (Lipinski definition) is 0. The van der Waals surface area contributed by atoms with Gasteiger partial charge in [0.1, 0.15) is 0 Å². The van der Waals surface area contributed by atoms with Gasteiger partial charge >= 0.3 is 183 Å². The molecule has 2 heteroatoms. The first kappa shape index (κ1) is 29.4. The van der Waals surface area contributed by atoms with Crippen molar-refractivity contribution < 1.29 is 0 Å². The van der Waals surface area contributed by atoms with Crippen molar-refractivity contribution in [2.75, 3.05) is 0 Å². The van der Waals surface area contributed by atoms with Crippen molar-refractivity contribution in [1.82, 2.24) is 0 Å². The molecule has 0 amide bonds. The summed E-state index contributed by atoms with van der Waals surface area (Å²) in [7, 11) is -0.0957. The molecule has 0 N–H and O–H groups in total. The van der Waals surface area contributed by atoms with E-state index in [2.05, 4.69) is 163 Å². The van der Waals surface area contributed by atoms with Crippen LogP contribution in [0.5, 0.6) is 0 Å². The molecule has 0 saturated carbocycles. The summed E-state index contributed by atoms with van der Waals surface area (Å²) in [5, 5.41) is 0. The molecule has 4 aromatic rings. The van der Waals surface area contributed by atoms with Gasteiger partial charge in [-0.1, -0.05) is 58.2 Å². The Morgan fingerprint density at radius 2 is 0.641 bits per heavy atom. The fraction of sp³-hybridized carbons (Fsp3) is 0.243. The predicted octanol–water partition coefficient (Wildman–Crippen LogP) is 10.6. The van der Waals surface area contributed by atoms with Crippen LogP contribution in [0.15, 0.2) is 121 Å². The average molecular weight is 633 g/mol. The minimum absolute atomic E-state index is 0.0957. The zero-order valence-electron chi connectivity index (χ0n) is 24.3. The van der Waals surface area contributed by atoms with Gasteiger partial charge < -0.3 is 0 Å². The van der Waals surface area contributed by atoms with Crippen molar-refractivity contribution in [2.45, 2.75) is 58.2 Å². The van der Waals surface area contributed by atoms with E-state index >= 15 is 0 Å². The third kappa shape index (κ3) is 7.32. The van der Waals surface area contributed by atoms with E-state index in [1.54, 1.807) is 7.18 Å². The van der Waals surface area contributed by atoms with Gasteiger partial charge in [-0.05, 0) is 0 Å². The Hall–Kier alpha value is -2.62. The molecule has 1 heterocycles. The first-order chi connectivity index (χ1) is 18.9. The Bertz CT molecular complexity index is 1250. The van der Waals surface area contributed by atoms with Gasteiger partial charge in [-0.25, -0.2) is 0 Å². The molecular weight excluding hydrogens is 591 g/mol. The van der Waals surface area contributed by atoms with E-state index in [-0.39, 0.29) is 8.80 Å². The summed E-state index contributed by atoms with van der Waals surface area (Å²) in [4.78, 5) is 0. The fourth-order valence-electron chi connectivity index (χ4n) is 5.93. The van der Waals surface area contributed by atoms with E-state index in [0.717, 1.165) is 16.6 Å². The van der Waals surface area contributed by atoms with Crippen LogP contribution < -0.4 is 0 Å². The summed E-state index contributed by atoms with van der Waals surface area (Å²) in [6.45, 7) is 14.2. The van der Waals surface area contributed by atoms with Crippen LogP contribution in [0.2, 0.25) is 16.6 Å². The topological polar surface area (TPSA) is 0 Å². The van der Waals surface area contributed by atoms with E-state index in [1.807, 2.05) is 0 Å². The minimum atomic E-state index is -1.00. The van der Waals surface area contributed by atoms with E-state index in [9.17, 15) is 0 Å². The molecule has 0 unspecified atom stereocenters.